The minimum atomic E-state index is -1.15. The standard InChI is InChI=1S/C18H26N6O5/c25-15(26)9-21-17(28)14-4-2-6-24(14)18(29)13(7-11-8-19-10-22-11)23-16(27)12-3-1-5-20-12/h8,10,12-14,20H,1-7,9H2,(H,19,22)(H,21,28)(H,23,27)(H,25,26). The number of H-pyrrole nitrogens is 1. The molecule has 2 saturated heterocycles. The van der Waals surface area contributed by atoms with E-state index >= 15 is 0 Å². The summed E-state index contributed by atoms with van der Waals surface area (Å²) in [6.07, 6.45) is 5.99. The highest BCUT2D eigenvalue weighted by molar-refractivity contribution is 5.94. The maximum absolute atomic E-state index is 13.2. The van der Waals surface area contributed by atoms with Crippen molar-refractivity contribution >= 4 is 23.7 Å². The van der Waals surface area contributed by atoms with Crippen LogP contribution in [0.5, 0.6) is 0 Å². The zero-order valence-corrected chi connectivity index (χ0v) is 16.0. The third-order valence-corrected chi connectivity index (χ3v) is 5.22. The van der Waals surface area contributed by atoms with Crippen LogP contribution in [0.4, 0.5) is 0 Å². The zero-order valence-electron chi connectivity index (χ0n) is 16.0. The third kappa shape index (κ3) is 5.31. The molecule has 5 N–H and O–H groups in total. The van der Waals surface area contributed by atoms with Gasteiger partial charge in [-0.3, -0.25) is 19.2 Å². The fourth-order valence-corrected chi connectivity index (χ4v) is 3.78. The predicted molar refractivity (Wildman–Crippen MR) is 101 cm³/mol. The number of aromatic nitrogens is 2. The topological polar surface area (TPSA) is 157 Å². The van der Waals surface area contributed by atoms with E-state index in [2.05, 4.69) is 25.9 Å². The van der Waals surface area contributed by atoms with Crippen molar-refractivity contribution in [1.29, 1.82) is 0 Å². The number of imidazole rings is 1. The van der Waals surface area contributed by atoms with Gasteiger partial charge in [0.2, 0.25) is 17.7 Å². The molecule has 3 rings (SSSR count). The maximum atomic E-state index is 13.2. The Kier molecular flexibility index (Phi) is 6.81. The monoisotopic (exact) mass is 406 g/mol. The number of amides is 3. The van der Waals surface area contributed by atoms with E-state index in [1.807, 2.05) is 0 Å². The summed E-state index contributed by atoms with van der Waals surface area (Å²) in [6.45, 7) is 0.634. The van der Waals surface area contributed by atoms with E-state index in [1.54, 1.807) is 6.20 Å². The number of carboxylic acid groups (broad SMARTS) is 1. The molecule has 0 aromatic carbocycles. The molecule has 11 heteroatoms. The van der Waals surface area contributed by atoms with Crippen molar-refractivity contribution in [2.75, 3.05) is 19.6 Å². The molecule has 3 atom stereocenters. The number of carboxylic acids is 1. The van der Waals surface area contributed by atoms with Crippen LogP contribution in [-0.4, -0.2) is 81.4 Å². The number of rotatable bonds is 8. The fourth-order valence-electron chi connectivity index (χ4n) is 3.78. The lowest BCUT2D eigenvalue weighted by atomic mass is 10.1. The average molecular weight is 406 g/mol. The zero-order chi connectivity index (χ0) is 20.8. The third-order valence-electron chi connectivity index (χ3n) is 5.22. The predicted octanol–water partition coefficient (Wildman–Crippen LogP) is -1.62. The highest BCUT2D eigenvalue weighted by Crippen LogP contribution is 2.20. The summed E-state index contributed by atoms with van der Waals surface area (Å²) in [6, 6.07) is -1.92. The van der Waals surface area contributed by atoms with Gasteiger partial charge in [0.1, 0.15) is 18.6 Å². The summed E-state index contributed by atoms with van der Waals surface area (Å²) in [5.41, 5.74) is 0.689. The highest BCUT2D eigenvalue weighted by Gasteiger charge is 2.38. The van der Waals surface area contributed by atoms with Crippen LogP contribution in [0.3, 0.4) is 0 Å². The Hall–Kier alpha value is -2.95. The lowest BCUT2D eigenvalue weighted by Crippen LogP contribution is -2.56. The van der Waals surface area contributed by atoms with Crippen molar-refractivity contribution < 1.29 is 24.3 Å². The number of likely N-dealkylation sites (tertiary alicyclic amines) is 1. The number of aliphatic carboxylic acids is 1. The lowest BCUT2D eigenvalue weighted by Gasteiger charge is -2.29. The number of carbonyl (C=O) groups excluding carboxylic acids is 3. The molecule has 0 aliphatic carbocycles. The second-order valence-electron chi connectivity index (χ2n) is 7.29. The van der Waals surface area contributed by atoms with Crippen molar-refractivity contribution in [2.24, 2.45) is 0 Å². The normalized spacial score (nSPS) is 22.3. The Bertz CT molecular complexity index is 746. The second-order valence-corrected chi connectivity index (χ2v) is 7.29. The Balaban J connectivity index is 1.70. The number of carbonyl (C=O) groups is 4. The molecule has 1 aromatic heterocycles. The number of nitrogens with zero attached hydrogens (tertiary/aromatic N) is 2. The van der Waals surface area contributed by atoms with Crippen LogP contribution in [-0.2, 0) is 25.6 Å². The SMILES string of the molecule is O=C(O)CNC(=O)C1CCCN1C(=O)C(Cc1cnc[nH]1)NC(=O)C1CCCN1. The Morgan fingerprint density at radius 2 is 2.07 bits per heavy atom. The minimum Gasteiger partial charge on any atom is -0.480 e. The van der Waals surface area contributed by atoms with Crippen LogP contribution in [0.1, 0.15) is 31.4 Å². The summed E-state index contributed by atoms with van der Waals surface area (Å²) >= 11 is 0. The van der Waals surface area contributed by atoms with Gasteiger partial charge in [0.15, 0.2) is 0 Å². The van der Waals surface area contributed by atoms with Gasteiger partial charge in [-0.05, 0) is 32.2 Å². The summed E-state index contributed by atoms with van der Waals surface area (Å²) < 4.78 is 0. The van der Waals surface area contributed by atoms with E-state index in [4.69, 9.17) is 5.11 Å². The minimum absolute atomic E-state index is 0.220. The van der Waals surface area contributed by atoms with Crippen LogP contribution >= 0.6 is 0 Å². The highest BCUT2D eigenvalue weighted by atomic mass is 16.4. The van der Waals surface area contributed by atoms with Crippen molar-refractivity contribution in [3.05, 3.63) is 18.2 Å². The number of nitrogens with one attached hydrogen (secondary N) is 4. The van der Waals surface area contributed by atoms with E-state index in [-0.39, 0.29) is 24.3 Å². The van der Waals surface area contributed by atoms with Gasteiger partial charge in [0, 0.05) is 24.9 Å². The Morgan fingerprint density at radius 3 is 2.72 bits per heavy atom. The first-order valence-corrected chi connectivity index (χ1v) is 9.76. The molecule has 2 fully saturated rings. The van der Waals surface area contributed by atoms with E-state index in [0.717, 1.165) is 13.0 Å². The molecule has 2 aliphatic heterocycles. The van der Waals surface area contributed by atoms with Crippen LogP contribution in [0.2, 0.25) is 0 Å². The summed E-state index contributed by atoms with van der Waals surface area (Å²) in [5.74, 6) is -2.25. The van der Waals surface area contributed by atoms with Crippen LogP contribution in [0.15, 0.2) is 12.5 Å². The molecule has 1 aromatic rings. The second kappa shape index (κ2) is 9.50. The Morgan fingerprint density at radius 1 is 1.24 bits per heavy atom. The number of aromatic amines is 1. The van der Waals surface area contributed by atoms with Crippen LogP contribution < -0.4 is 16.0 Å². The van der Waals surface area contributed by atoms with Crippen LogP contribution in [0.25, 0.3) is 0 Å². The first kappa shape index (κ1) is 20.8. The molecule has 158 valence electrons. The molecule has 11 nitrogen and oxygen atoms in total. The molecule has 29 heavy (non-hydrogen) atoms. The molecular formula is C18H26N6O5. The molecule has 0 radical (unpaired) electrons. The largest absolute Gasteiger partial charge is 0.480 e. The smallest absolute Gasteiger partial charge is 0.322 e. The van der Waals surface area contributed by atoms with Gasteiger partial charge in [-0.25, -0.2) is 4.98 Å². The first-order valence-electron chi connectivity index (χ1n) is 9.76. The van der Waals surface area contributed by atoms with E-state index in [0.29, 0.717) is 31.5 Å². The molecule has 2 aliphatic rings. The summed E-state index contributed by atoms with van der Waals surface area (Å²) in [4.78, 5) is 57.2. The quantitative estimate of drug-likeness (QED) is 0.347. The van der Waals surface area contributed by atoms with E-state index in [1.165, 1.54) is 11.2 Å². The summed E-state index contributed by atoms with van der Waals surface area (Å²) in [5, 5.41) is 17.0. The molecule has 0 bridgehead atoms. The van der Waals surface area contributed by atoms with Crippen molar-refractivity contribution in [2.45, 2.75) is 50.2 Å². The molecule has 0 spiro atoms. The first-order chi connectivity index (χ1) is 14.0. The van der Waals surface area contributed by atoms with Gasteiger partial charge in [-0.1, -0.05) is 0 Å². The number of hydrogen-bond donors (Lipinski definition) is 5. The molecular weight excluding hydrogens is 380 g/mol. The van der Waals surface area contributed by atoms with Gasteiger partial charge < -0.3 is 30.9 Å². The van der Waals surface area contributed by atoms with Crippen LogP contribution in [0, 0.1) is 0 Å². The van der Waals surface area contributed by atoms with Crippen molar-refractivity contribution in [1.82, 2.24) is 30.8 Å². The van der Waals surface area contributed by atoms with E-state index < -0.39 is 30.5 Å². The fraction of sp³-hybridized carbons (Fsp3) is 0.611. The number of hydrogen-bond acceptors (Lipinski definition) is 6. The molecule has 3 heterocycles. The van der Waals surface area contributed by atoms with Gasteiger partial charge in [0.25, 0.3) is 0 Å². The van der Waals surface area contributed by atoms with Gasteiger partial charge in [0.05, 0.1) is 12.4 Å². The molecule has 3 unspecified atom stereocenters. The molecule has 3 amide bonds. The Labute approximate surface area is 167 Å². The van der Waals surface area contributed by atoms with Gasteiger partial charge >= 0.3 is 5.97 Å². The maximum Gasteiger partial charge on any atom is 0.322 e. The molecule has 0 saturated carbocycles. The van der Waals surface area contributed by atoms with Crippen molar-refractivity contribution in [3.63, 3.8) is 0 Å². The van der Waals surface area contributed by atoms with E-state index in [9.17, 15) is 19.2 Å². The van der Waals surface area contributed by atoms with Gasteiger partial charge in [-0.15, -0.1) is 0 Å². The lowest BCUT2D eigenvalue weighted by molar-refractivity contribution is -0.142. The van der Waals surface area contributed by atoms with Crippen molar-refractivity contribution in [3.8, 4) is 0 Å². The summed E-state index contributed by atoms with van der Waals surface area (Å²) in [7, 11) is 0. The average Bonchev–Trinajstić information content (AvgIpc) is 3.46. The van der Waals surface area contributed by atoms with Gasteiger partial charge in [-0.2, -0.15) is 0 Å².